The molecule has 1 aromatic heterocycles. The van der Waals surface area contributed by atoms with Gasteiger partial charge in [-0.3, -0.25) is 4.79 Å². The molecular weight excluding hydrogens is 282 g/mol. The summed E-state index contributed by atoms with van der Waals surface area (Å²) in [5.41, 5.74) is 0. The molecule has 1 heterocycles. The van der Waals surface area contributed by atoms with Crippen LogP contribution in [0.1, 0.15) is 70.1 Å². The van der Waals surface area contributed by atoms with E-state index in [0.29, 0.717) is 30.6 Å². The number of aryl methyl sites for hydroxylation is 1. The molecule has 1 atom stereocenters. The van der Waals surface area contributed by atoms with E-state index in [9.17, 15) is 9.90 Å². The van der Waals surface area contributed by atoms with Crippen LogP contribution in [0.5, 0.6) is 0 Å². The van der Waals surface area contributed by atoms with Crippen LogP contribution in [0.3, 0.4) is 0 Å². The molecule has 0 bridgehead atoms. The van der Waals surface area contributed by atoms with Crippen molar-refractivity contribution in [3.05, 3.63) is 11.8 Å². The summed E-state index contributed by atoms with van der Waals surface area (Å²) in [6, 6.07) is -0.177. The second kappa shape index (κ2) is 8.27. The first-order valence-corrected chi connectivity index (χ1v) is 8.31. The number of aliphatic hydroxyl groups excluding tert-OH is 1. The number of nitrogens with one attached hydrogen (secondary N) is 1. The van der Waals surface area contributed by atoms with Crippen molar-refractivity contribution in [1.82, 2.24) is 15.5 Å². The second-order valence-electron chi connectivity index (χ2n) is 6.59. The molecule has 2 rings (SSSR count). The molecule has 1 fully saturated rings. The summed E-state index contributed by atoms with van der Waals surface area (Å²) in [7, 11) is 0. The summed E-state index contributed by atoms with van der Waals surface area (Å²) in [4.78, 5) is 11.9. The fraction of sp³-hybridized carbons (Fsp3) is 0.812. The molecule has 0 spiro atoms. The zero-order valence-electron chi connectivity index (χ0n) is 13.5. The molecule has 1 aliphatic carbocycles. The fourth-order valence-electron chi connectivity index (χ4n) is 2.97. The summed E-state index contributed by atoms with van der Waals surface area (Å²) < 4.78 is 5.66. The van der Waals surface area contributed by atoms with Gasteiger partial charge in [0.2, 0.25) is 17.7 Å². The summed E-state index contributed by atoms with van der Waals surface area (Å²) in [5.74, 6) is 2.00. The molecule has 124 valence electrons. The van der Waals surface area contributed by atoms with Crippen molar-refractivity contribution >= 4 is 5.91 Å². The Labute approximate surface area is 131 Å². The van der Waals surface area contributed by atoms with Crippen LogP contribution in [0.4, 0.5) is 0 Å². The zero-order valence-corrected chi connectivity index (χ0v) is 13.5. The average Bonchev–Trinajstić information content (AvgIpc) is 3.14. The molecule has 0 aliphatic heterocycles. The largest absolute Gasteiger partial charge is 0.425 e. The first-order chi connectivity index (χ1) is 10.6. The van der Waals surface area contributed by atoms with Crippen LogP contribution < -0.4 is 5.32 Å². The van der Waals surface area contributed by atoms with Crippen LogP contribution in [0, 0.1) is 5.92 Å². The van der Waals surface area contributed by atoms with Crippen LogP contribution in [0.2, 0.25) is 0 Å². The Bertz CT molecular complexity index is 467. The lowest BCUT2D eigenvalue weighted by Crippen LogP contribution is -2.38. The van der Waals surface area contributed by atoms with Gasteiger partial charge in [-0.2, -0.15) is 0 Å². The first-order valence-electron chi connectivity index (χ1n) is 8.31. The van der Waals surface area contributed by atoms with Gasteiger partial charge in [0.1, 0.15) is 0 Å². The number of rotatable bonds is 8. The van der Waals surface area contributed by atoms with Gasteiger partial charge in [0.25, 0.3) is 0 Å². The Morgan fingerprint density at radius 2 is 2.09 bits per heavy atom. The molecule has 2 N–H and O–H groups in total. The standard InChI is InChI=1S/C16H27N3O3/c1-11(2)9-13(10-20)17-14(21)7-8-15-18-19-16(22-15)12-5-3-4-6-12/h11-13,20H,3-10H2,1-2H3,(H,17,21). The van der Waals surface area contributed by atoms with E-state index in [1.165, 1.54) is 12.8 Å². The van der Waals surface area contributed by atoms with Crippen molar-refractivity contribution in [1.29, 1.82) is 0 Å². The van der Waals surface area contributed by atoms with Gasteiger partial charge in [-0.05, 0) is 25.2 Å². The van der Waals surface area contributed by atoms with Crippen molar-refractivity contribution in [2.24, 2.45) is 5.92 Å². The Balaban J connectivity index is 1.76. The molecule has 6 nitrogen and oxygen atoms in total. The molecule has 0 aromatic carbocycles. The van der Waals surface area contributed by atoms with E-state index in [1.807, 2.05) is 0 Å². The van der Waals surface area contributed by atoms with E-state index in [2.05, 4.69) is 29.4 Å². The maximum atomic E-state index is 11.9. The number of amides is 1. The number of carbonyl (C=O) groups is 1. The van der Waals surface area contributed by atoms with Gasteiger partial charge in [-0.15, -0.1) is 10.2 Å². The van der Waals surface area contributed by atoms with E-state index in [4.69, 9.17) is 4.42 Å². The first kappa shape index (κ1) is 16.9. The average molecular weight is 309 g/mol. The number of aliphatic hydroxyl groups is 1. The number of hydrogen-bond acceptors (Lipinski definition) is 5. The molecule has 0 radical (unpaired) electrons. The van der Waals surface area contributed by atoms with Gasteiger partial charge >= 0.3 is 0 Å². The monoisotopic (exact) mass is 309 g/mol. The lowest BCUT2D eigenvalue weighted by atomic mass is 10.0. The molecule has 0 saturated heterocycles. The highest BCUT2D eigenvalue weighted by atomic mass is 16.4. The topological polar surface area (TPSA) is 88.2 Å². The van der Waals surface area contributed by atoms with Gasteiger partial charge in [0.15, 0.2) is 0 Å². The Hall–Kier alpha value is -1.43. The van der Waals surface area contributed by atoms with E-state index >= 15 is 0 Å². The van der Waals surface area contributed by atoms with Crippen LogP contribution >= 0.6 is 0 Å². The van der Waals surface area contributed by atoms with E-state index in [-0.39, 0.29) is 18.6 Å². The Kier molecular flexibility index (Phi) is 6.36. The third kappa shape index (κ3) is 5.09. The minimum atomic E-state index is -0.177. The van der Waals surface area contributed by atoms with Crippen molar-refractivity contribution in [2.75, 3.05) is 6.61 Å². The zero-order chi connectivity index (χ0) is 15.9. The Morgan fingerprint density at radius 1 is 1.36 bits per heavy atom. The van der Waals surface area contributed by atoms with Crippen LogP contribution in [-0.4, -0.2) is 33.9 Å². The second-order valence-corrected chi connectivity index (χ2v) is 6.59. The molecule has 1 amide bonds. The summed E-state index contributed by atoms with van der Waals surface area (Å²) >= 11 is 0. The molecule has 1 aliphatic rings. The third-order valence-corrected chi connectivity index (χ3v) is 4.09. The van der Waals surface area contributed by atoms with E-state index in [1.54, 1.807) is 0 Å². The van der Waals surface area contributed by atoms with Gasteiger partial charge in [0.05, 0.1) is 12.6 Å². The minimum absolute atomic E-state index is 0.0314. The lowest BCUT2D eigenvalue weighted by Gasteiger charge is -2.17. The summed E-state index contributed by atoms with van der Waals surface area (Å²) in [6.07, 6.45) is 6.22. The van der Waals surface area contributed by atoms with Crippen molar-refractivity contribution < 1.29 is 14.3 Å². The van der Waals surface area contributed by atoms with E-state index in [0.717, 1.165) is 25.2 Å². The summed E-state index contributed by atoms with van der Waals surface area (Å²) in [6.45, 7) is 4.10. The molecule has 1 aromatic rings. The van der Waals surface area contributed by atoms with E-state index < -0.39 is 0 Å². The lowest BCUT2D eigenvalue weighted by molar-refractivity contribution is -0.122. The highest BCUT2D eigenvalue weighted by molar-refractivity contribution is 5.76. The maximum Gasteiger partial charge on any atom is 0.220 e. The quantitative estimate of drug-likeness (QED) is 0.768. The molecule has 22 heavy (non-hydrogen) atoms. The van der Waals surface area contributed by atoms with Gasteiger partial charge in [-0.1, -0.05) is 26.7 Å². The van der Waals surface area contributed by atoms with Crippen LogP contribution in [0.25, 0.3) is 0 Å². The molecule has 6 heteroatoms. The maximum absolute atomic E-state index is 11.9. The molecule has 1 saturated carbocycles. The normalized spacial score (nSPS) is 17.1. The highest BCUT2D eigenvalue weighted by Gasteiger charge is 2.23. The minimum Gasteiger partial charge on any atom is -0.425 e. The number of nitrogens with zero attached hydrogens (tertiary/aromatic N) is 2. The molecule has 1 unspecified atom stereocenters. The Morgan fingerprint density at radius 3 is 2.73 bits per heavy atom. The number of hydrogen-bond donors (Lipinski definition) is 2. The van der Waals surface area contributed by atoms with Gasteiger partial charge < -0.3 is 14.8 Å². The third-order valence-electron chi connectivity index (χ3n) is 4.09. The highest BCUT2D eigenvalue weighted by Crippen LogP contribution is 2.33. The van der Waals surface area contributed by atoms with Gasteiger partial charge in [0, 0.05) is 18.8 Å². The summed E-state index contributed by atoms with van der Waals surface area (Å²) in [5, 5.41) is 20.3. The molecular formula is C16H27N3O3. The fourth-order valence-corrected chi connectivity index (χ4v) is 2.97. The predicted molar refractivity (Wildman–Crippen MR) is 82.3 cm³/mol. The van der Waals surface area contributed by atoms with Crippen LogP contribution in [0.15, 0.2) is 4.42 Å². The van der Waals surface area contributed by atoms with Crippen LogP contribution in [-0.2, 0) is 11.2 Å². The van der Waals surface area contributed by atoms with Crippen molar-refractivity contribution in [3.8, 4) is 0 Å². The SMILES string of the molecule is CC(C)CC(CO)NC(=O)CCc1nnc(C2CCCC2)o1. The van der Waals surface area contributed by atoms with Gasteiger partial charge in [-0.25, -0.2) is 0 Å². The predicted octanol–water partition coefficient (Wildman–Crippen LogP) is 2.18. The number of carbonyl (C=O) groups excluding carboxylic acids is 1. The smallest absolute Gasteiger partial charge is 0.220 e. The number of aromatic nitrogens is 2. The van der Waals surface area contributed by atoms with Crippen molar-refractivity contribution in [3.63, 3.8) is 0 Å². The van der Waals surface area contributed by atoms with Crippen molar-refractivity contribution in [2.45, 2.75) is 70.8 Å².